The second-order valence-electron chi connectivity index (χ2n) is 4.84. The van der Waals surface area contributed by atoms with Gasteiger partial charge in [0.2, 0.25) is 5.91 Å². The van der Waals surface area contributed by atoms with Crippen molar-refractivity contribution in [2.75, 3.05) is 26.3 Å². The van der Waals surface area contributed by atoms with Gasteiger partial charge >= 0.3 is 0 Å². The number of carbonyl (C=O) groups excluding carboxylic acids is 1. The Balaban J connectivity index is 3.33. The van der Waals surface area contributed by atoms with Crippen molar-refractivity contribution in [2.45, 2.75) is 46.6 Å². The van der Waals surface area contributed by atoms with Crippen molar-refractivity contribution < 1.29 is 9.53 Å². The fourth-order valence-corrected chi connectivity index (χ4v) is 1.49. The van der Waals surface area contributed by atoms with Gasteiger partial charge < -0.3 is 15.4 Å². The minimum absolute atomic E-state index is 0.113. The summed E-state index contributed by atoms with van der Waals surface area (Å²) in [7, 11) is 0. The van der Waals surface area contributed by atoms with Gasteiger partial charge in [-0.25, -0.2) is 0 Å². The molecule has 102 valence electrons. The predicted octanol–water partition coefficient (Wildman–Crippen LogP) is 1.55. The van der Waals surface area contributed by atoms with Crippen LogP contribution in [0.3, 0.4) is 0 Å². The standard InChI is InChI=1S/C13H28N2O2/c1-5-14-12(4)9-13(16)15-7-6-8-17-10-11(2)3/h11-12,14H,5-10H2,1-4H3,(H,15,16). The predicted molar refractivity (Wildman–Crippen MR) is 71.0 cm³/mol. The summed E-state index contributed by atoms with van der Waals surface area (Å²) < 4.78 is 5.43. The maximum absolute atomic E-state index is 11.5. The first-order valence-corrected chi connectivity index (χ1v) is 6.64. The molecule has 4 nitrogen and oxygen atoms in total. The van der Waals surface area contributed by atoms with E-state index in [0.29, 0.717) is 18.9 Å². The van der Waals surface area contributed by atoms with E-state index in [2.05, 4.69) is 24.5 Å². The monoisotopic (exact) mass is 244 g/mol. The molecule has 4 heteroatoms. The van der Waals surface area contributed by atoms with E-state index >= 15 is 0 Å². The van der Waals surface area contributed by atoms with Gasteiger partial charge in [0.25, 0.3) is 0 Å². The number of hydrogen-bond donors (Lipinski definition) is 2. The zero-order valence-corrected chi connectivity index (χ0v) is 11.7. The van der Waals surface area contributed by atoms with Crippen LogP contribution in [0.5, 0.6) is 0 Å². The maximum atomic E-state index is 11.5. The summed E-state index contributed by atoms with van der Waals surface area (Å²) in [5.74, 6) is 0.688. The molecule has 0 fully saturated rings. The number of ether oxygens (including phenoxy) is 1. The molecule has 0 radical (unpaired) electrons. The largest absolute Gasteiger partial charge is 0.381 e. The first-order chi connectivity index (χ1) is 8.06. The molecule has 0 rings (SSSR count). The van der Waals surface area contributed by atoms with E-state index in [1.54, 1.807) is 0 Å². The van der Waals surface area contributed by atoms with E-state index in [1.165, 1.54) is 0 Å². The summed E-state index contributed by atoms with van der Waals surface area (Å²) in [6, 6.07) is 0.247. The first-order valence-electron chi connectivity index (χ1n) is 6.64. The Bertz CT molecular complexity index is 196. The molecule has 0 aliphatic rings. The Kier molecular flexibility index (Phi) is 10.2. The summed E-state index contributed by atoms with van der Waals surface area (Å²) in [5.41, 5.74) is 0. The van der Waals surface area contributed by atoms with E-state index in [9.17, 15) is 4.79 Å². The average molecular weight is 244 g/mol. The van der Waals surface area contributed by atoms with Crippen molar-refractivity contribution in [3.63, 3.8) is 0 Å². The molecule has 0 saturated heterocycles. The SMILES string of the molecule is CCNC(C)CC(=O)NCCCOCC(C)C. The second kappa shape index (κ2) is 10.5. The molecule has 2 N–H and O–H groups in total. The van der Waals surface area contributed by atoms with Crippen LogP contribution in [0.4, 0.5) is 0 Å². The minimum Gasteiger partial charge on any atom is -0.381 e. The highest BCUT2D eigenvalue weighted by molar-refractivity contribution is 5.76. The third kappa shape index (κ3) is 11.6. The minimum atomic E-state index is 0.113. The number of amides is 1. The van der Waals surface area contributed by atoms with E-state index in [0.717, 1.165) is 26.2 Å². The fraction of sp³-hybridized carbons (Fsp3) is 0.923. The summed E-state index contributed by atoms with van der Waals surface area (Å²) >= 11 is 0. The topological polar surface area (TPSA) is 50.4 Å². The Labute approximate surface area is 105 Å². The third-order valence-corrected chi connectivity index (χ3v) is 2.28. The number of rotatable bonds is 10. The Morgan fingerprint density at radius 3 is 2.59 bits per heavy atom. The van der Waals surface area contributed by atoms with Crippen molar-refractivity contribution in [1.82, 2.24) is 10.6 Å². The summed E-state index contributed by atoms with van der Waals surface area (Å²) in [4.78, 5) is 11.5. The lowest BCUT2D eigenvalue weighted by molar-refractivity contribution is -0.121. The van der Waals surface area contributed by atoms with Gasteiger partial charge in [-0.3, -0.25) is 4.79 Å². The van der Waals surface area contributed by atoms with Crippen LogP contribution in [-0.4, -0.2) is 38.3 Å². The lowest BCUT2D eigenvalue weighted by Crippen LogP contribution is -2.34. The molecular formula is C13H28N2O2. The zero-order valence-electron chi connectivity index (χ0n) is 11.7. The molecule has 0 aliphatic carbocycles. The Hall–Kier alpha value is -0.610. The maximum Gasteiger partial charge on any atom is 0.221 e. The third-order valence-electron chi connectivity index (χ3n) is 2.28. The number of carbonyl (C=O) groups is 1. The normalized spacial score (nSPS) is 12.8. The lowest BCUT2D eigenvalue weighted by atomic mass is 10.2. The average Bonchev–Trinajstić information content (AvgIpc) is 2.23. The highest BCUT2D eigenvalue weighted by Crippen LogP contribution is 1.93. The molecule has 0 heterocycles. The molecule has 1 amide bonds. The molecule has 1 atom stereocenters. The summed E-state index contributed by atoms with van der Waals surface area (Å²) in [5, 5.41) is 6.12. The van der Waals surface area contributed by atoms with Crippen LogP contribution in [0.25, 0.3) is 0 Å². The quantitative estimate of drug-likeness (QED) is 0.573. The van der Waals surface area contributed by atoms with Crippen LogP contribution in [0.2, 0.25) is 0 Å². The molecule has 1 unspecified atom stereocenters. The Morgan fingerprint density at radius 2 is 2.00 bits per heavy atom. The molecule has 0 aromatic rings. The molecule has 0 aromatic heterocycles. The van der Waals surface area contributed by atoms with E-state index in [4.69, 9.17) is 4.74 Å². The number of hydrogen-bond acceptors (Lipinski definition) is 3. The second-order valence-corrected chi connectivity index (χ2v) is 4.84. The van der Waals surface area contributed by atoms with Gasteiger partial charge in [-0.05, 0) is 25.8 Å². The number of nitrogens with one attached hydrogen (secondary N) is 2. The molecular weight excluding hydrogens is 216 g/mol. The van der Waals surface area contributed by atoms with Gasteiger partial charge in [0, 0.05) is 32.2 Å². The highest BCUT2D eigenvalue weighted by Gasteiger charge is 2.06. The van der Waals surface area contributed by atoms with Crippen LogP contribution in [0.15, 0.2) is 0 Å². The molecule has 0 aliphatic heterocycles. The van der Waals surface area contributed by atoms with Crippen LogP contribution >= 0.6 is 0 Å². The first kappa shape index (κ1) is 16.4. The van der Waals surface area contributed by atoms with Gasteiger partial charge in [-0.2, -0.15) is 0 Å². The van der Waals surface area contributed by atoms with Crippen molar-refractivity contribution in [3.8, 4) is 0 Å². The van der Waals surface area contributed by atoms with Crippen LogP contribution in [0, 0.1) is 5.92 Å². The highest BCUT2D eigenvalue weighted by atomic mass is 16.5. The van der Waals surface area contributed by atoms with Crippen molar-refractivity contribution in [2.24, 2.45) is 5.92 Å². The molecule has 0 bridgehead atoms. The van der Waals surface area contributed by atoms with Crippen LogP contribution < -0.4 is 10.6 Å². The van der Waals surface area contributed by atoms with Gasteiger partial charge in [0.05, 0.1) is 0 Å². The summed E-state index contributed by atoms with van der Waals surface area (Å²) in [6.45, 7) is 11.4. The van der Waals surface area contributed by atoms with E-state index in [-0.39, 0.29) is 11.9 Å². The smallest absolute Gasteiger partial charge is 0.221 e. The molecule has 0 saturated carbocycles. The molecule has 17 heavy (non-hydrogen) atoms. The fourth-order valence-electron chi connectivity index (χ4n) is 1.49. The van der Waals surface area contributed by atoms with Gasteiger partial charge in [-0.15, -0.1) is 0 Å². The molecule has 0 spiro atoms. The Morgan fingerprint density at radius 1 is 1.29 bits per heavy atom. The van der Waals surface area contributed by atoms with Crippen LogP contribution in [-0.2, 0) is 9.53 Å². The summed E-state index contributed by atoms with van der Waals surface area (Å²) in [6.07, 6.45) is 1.43. The van der Waals surface area contributed by atoms with E-state index in [1.807, 2.05) is 13.8 Å². The van der Waals surface area contributed by atoms with E-state index < -0.39 is 0 Å². The molecule has 0 aromatic carbocycles. The van der Waals surface area contributed by atoms with Gasteiger partial charge in [-0.1, -0.05) is 20.8 Å². The van der Waals surface area contributed by atoms with Crippen molar-refractivity contribution in [1.29, 1.82) is 0 Å². The van der Waals surface area contributed by atoms with Gasteiger partial charge in [0.15, 0.2) is 0 Å². The zero-order chi connectivity index (χ0) is 13.1. The van der Waals surface area contributed by atoms with Crippen molar-refractivity contribution >= 4 is 5.91 Å². The lowest BCUT2D eigenvalue weighted by Gasteiger charge is -2.12. The van der Waals surface area contributed by atoms with Crippen LogP contribution in [0.1, 0.15) is 40.5 Å². The van der Waals surface area contributed by atoms with Gasteiger partial charge in [0.1, 0.15) is 0 Å². The van der Waals surface area contributed by atoms with Crippen molar-refractivity contribution in [3.05, 3.63) is 0 Å².